The molecule has 0 spiro atoms. The van der Waals surface area contributed by atoms with E-state index >= 15 is 0 Å². The Morgan fingerprint density at radius 1 is 1.43 bits per heavy atom. The van der Waals surface area contributed by atoms with Crippen LogP contribution in [0.15, 0.2) is 41.7 Å². The lowest BCUT2D eigenvalue weighted by Crippen LogP contribution is -2.16. The third-order valence-corrected chi connectivity index (χ3v) is 2.48. The van der Waals surface area contributed by atoms with Crippen LogP contribution >= 0.6 is 0 Å². The van der Waals surface area contributed by atoms with Gasteiger partial charge in [0.05, 0.1) is 4.92 Å². The Hall–Kier alpha value is -3.23. The summed E-state index contributed by atoms with van der Waals surface area (Å²) in [5.41, 5.74) is 4.79. The fourth-order valence-electron chi connectivity index (χ4n) is 1.56. The molecular formula is C12H9FN4O4. The van der Waals surface area contributed by atoms with Gasteiger partial charge in [-0.25, -0.2) is 9.37 Å². The molecule has 1 aromatic heterocycles. The zero-order valence-corrected chi connectivity index (χ0v) is 10.4. The van der Waals surface area contributed by atoms with Gasteiger partial charge in [-0.1, -0.05) is 11.2 Å². The molecule has 0 aliphatic rings. The summed E-state index contributed by atoms with van der Waals surface area (Å²) in [6.07, 6.45) is 1.34. The van der Waals surface area contributed by atoms with E-state index in [0.29, 0.717) is 0 Å². The summed E-state index contributed by atoms with van der Waals surface area (Å²) in [4.78, 5) is 13.9. The van der Waals surface area contributed by atoms with Crippen LogP contribution in [0.4, 0.5) is 10.1 Å². The van der Waals surface area contributed by atoms with Gasteiger partial charge in [0.15, 0.2) is 23.1 Å². The second-order valence-corrected chi connectivity index (χ2v) is 3.78. The van der Waals surface area contributed by atoms with Crippen molar-refractivity contribution in [1.82, 2.24) is 4.98 Å². The number of halogens is 1. The molecule has 0 unspecified atom stereocenters. The predicted octanol–water partition coefficient (Wildman–Crippen LogP) is 2.02. The van der Waals surface area contributed by atoms with Crippen molar-refractivity contribution in [2.75, 3.05) is 0 Å². The fraction of sp³-hybridized carbons (Fsp3) is 0. The van der Waals surface area contributed by atoms with Crippen molar-refractivity contribution >= 4 is 11.5 Å². The molecule has 1 aromatic carbocycles. The van der Waals surface area contributed by atoms with Crippen LogP contribution in [-0.2, 0) is 0 Å². The summed E-state index contributed by atoms with van der Waals surface area (Å²) in [6, 6.07) is 6.11. The molecule has 0 saturated heterocycles. The summed E-state index contributed by atoms with van der Waals surface area (Å²) >= 11 is 0. The molecule has 0 radical (unpaired) electrons. The molecule has 1 heterocycles. The van der Waals surface area contributed by atoms with Gasteiger partial charge in [0.2, 0.25) is 5.75 Å². The van der Waals surface area contributed by atoms with Gasteiger partial charge < -0.3 is 15.7 Å². The van der Waals surface area contributed by atoms with Crippen LogP contribution in [-0.4, -0.2) is 21.0 Å². The number of benzene rings is 1. The minimum absolute atomic E-state index is 0.0717. The van der Waals surface area contributed by atoms with Gasteiger partial charge in [0, 0.05) is 12.3 Å². The molecule has 9 heteroatoms. The average Bonchev–Trinajstić information content (AvgIpc) is 2.48. The maximum atomic E-state index is 13.8. The predicted molar refractivity (Wildman–Crippen MR) is 69.9 cm³/mol. The van der Waals surface area contributed by atoms with Gasteiger partial charge in [-0.15, -0.1) is 0 Å². The highest BCUT2D eigenvalue weighted by molar-refractivity contribution is 5.97. The van der Waals surface area contributed by atoms with Gasteiger partial charge in [-0.3, -0.25) is 10.1 Å². The highest BCUT2D eigenvalue weighted by atomic mass is 19.1. The van der Waals surface area contributed by atoms with Crippen molar-refractivity contribution in [2.24, 2.45) is 10.9 Å². The number of nitro groups is 1. The minimum Gasteiger partial charge on any atom is -0.445 e. The zero-order valence-electron chi connectivity index (χ0n) is 10.4. The van der Waals surface area contributed by atoms with E-state index in [-0.39, 0.29) is 17.3 Å². The van der Waals surface area contributed by atoms with Crippen molar-refractivity contribution in [2.45, 2.75) is 0 Å². The van der Waals surface area contributed by atoms with E-state index in [9.17, 15) is 14.5 Å². The Bertz CT molecular complexity index is 720. The number of nitrogens with two attached hydrogens (primary N) is 1. The second kappa shape index (κ2) is 5.82. The number of nitrogens with zero attached hydrogens (tertiary/aromatic N) is 3. The molecule has 0 fully saturated rings. The van der Waals surface area contributed by atoms with Crippen molar-refractivity contribution in [3.8, 4) is 11.5 Å². The number of hydrogen-bond acceptors (Lipinski definition) is 6. The van der Waals surface area contributed by atoms with Crippen LogP contribution in [0, 0.1) is 15.9 Å². The molecule has 0 aliphatic heterocycles. The Morgan fingerprint density at radius 3 is 2.86 bits per heavy atom. The van der Waals surface area contributed by atoms with E-state index in [0.717, 1.165) is 12.1 Å². The van der Waals surface area contributed by atoms with Crippen LogP contribution in [0.2, 0.25) is 0 Å². The molecule has 21 heavy (non-hydrogen) atoms. The van der Waals surface area contributed by atoms with Crippen LogP contribution in [0.1, 0.15) is 5.69 Å². The van der Waals surface area contributed by atoms with Crippen LogP contribution in [0.3, 0.4) is 0 Å². The van der Waals surface area contributed by atoms with Crippen molar-refractivity contribution in [3.05, 3.63) is 58.2 Å². The number of oxime groups is 1. The first-order valence-electron chi connectivity index (χ1n) is 5.58. The number of ether oxygens (including phenoxy) is 1. The average molecular weight is 292 g/mol. The zero-order chi connectivity index (χ0) is 15.4. The third kappa shape index (κ3) is 2.86. The lowest BCUT2D eigenvalue weighted by molar-refractivity contribution is -0.385. The number of aromatic nitrogens is 1. The monoisotopic (exact) mass is 292 g/mol. The molecule has 2 aromatic rings. The van der Waals surface area contributed by atoms with E-state index in [2.05, 4.69) is 10.1 Å². The second-order valence-electron chi connectivity index (χ2n) is 3.78. The molecule has 0 bridgehead atoms. The Morgan fingerprint density at radius 2 is 2.19 bits per heavy atom. The SMILES string of the molecule is N/C(=N/O)c1ncccc1Oc1c(F)cccc1[N+](=O)[O-]. The molecule has 108 valence electrons. The number of nitro benzene ring substituents is 1. The maximum Gasteiger partial charge on any atom is 0.314 e. The Labute approximate surface area is 117 Å². The third-order valence-electron chi connectivity index (χ3n) is 2.48. The maximum absolute atomic E-state index is 13.8. The van der Waals surface area contributed by atoms with Crippen molar-refractivity contribution < 1.29 is 19.3 Å². The van der Waals surface area contributed by atoms with Gasteiger partial charge in [-0.2, -0.15) is 0 Å². The van der Waals surface area contributed by atoms with E-state index < -0.39 is 22.2 Å². The fourth-order valence-corrected chi connectivity index (χ4v) is 1.56. The number of pyridine rings is 1. The number of hydrogen-bond donors (Lipinski definition) is 2. The molecule has 3 N–H and O–H groups in total. The highest BCUT2D eigenvalue weighted by Gasteiger charge is 2.22. The molecule has 0 aliphatic carbocycles. The Balaban J connectivity index is 2.52. The molecular weight excluding hydrogens is 283 g/mol. The lowest BCUT2D eigenvalue weighted by atomic mass is 10.2. The van der Waals surface area contributed by atoms with Crippen molar-refractivity contribution in [1.29, 1.82) is 0 Å². The normalized spacial score (nSPS) is 11.2. The number of para-hydroxylation sites is 1. The van der Waals surface area contributed by atoms with Crippen LogP contribution < -0.4 is 10.5 Å². The number of amidine groups is 1. The summed E-state index contributed by atoms with van der Waals surface area (Å²) in [6.45, 7) is 0. The molecule has 8 nitrogen and oxygen atoms in total. The quantitative estimate of drug-likeness (QED) is 0.292. The highest BCUT2D eigenvalue weighted by Crippen LogP contribution is 2.34. The standard InChI is InChI=1S/C12H9FN4O4/c13-7-3-1-4-8(17(19)20)11(7)21-9-5-2-6-15-10(9)12(14)16-18/h1-6,18H,(H2,14,16). The van der Waals surface area contributed by atoms with Gasteiger partial charge in [-0.05, 0) is 18.2 Å². The summed E-state index contributed by atoms with van der Waals surface area (Å²) in [7, 11) is 0. The van der Waals surface area contributed by atoms with E-state index in [1.165, 1.54) is 24.4 Å². The lowest BCUT2D eigenvalue weighted by Gasteiger charge is -2.09. The molecule has 2 rings (SSSR count). The number of rotatable bonds is 4. The summed E-state index contributed by atoms with van der Waals surface area (Å²) in [5, 5.41) is 22.3. The first-order chi connectivity index (χ1) is 10.0. The Kier molecular flexibility index (Phi) is 3.93. The molecule has 0 amide bonds. The molecule has 0 atom stereocenters. The molecule has 0 saturated carbocycles. The van der Waals surface area contributed by atoms with Crippen LogP contribution in [0.5, 0.6) is 11.5 Å². The summed E-state index contributed by atoms with van der Waals surface area (Å²) < 4.78 is 19.0. The van der Waals surface area contributed by atoms with E-state index in [4.69, 9.17) is 15.7 Å². The summed E-state index contributed by atoms with van der Waals surface area (Å²) in [5.74, 6) is -1.95. The smallest absolute Gasteiger partial charge is 0.314 e. The topological polar surface area (TPSA) is 124 Å². The van der Waals surface area contributed by atoms with Crippen molar-refractivity contribution in [3.63, 3.8) is 0 Å². The minimum atomic E-state index is -0.918. The van der Waals surface area contributed by atoms with Gasteiger partial charge >= 0.3 is 5.69 Å². The van der Waals surface area contributed by atoms with Gasteiger partial charge in [0.1, 0.15) is 0 Å². The first-order valence-corrected chi connectivity index (χ1v) is 5.58. The van der Waals surface area contributed by atoms with E-state index in [1.807, 2.05) is 0 Å². The van der Waals surface area contributed by atoms with E-state index in [1.54, 1.807) is 0 Å². The van der Waals surface area contributed by atoms with Crippen LogP contribution in [0.25, 0.3) is 0 Å². The largest absolute Gasteiger partial charge is 0.445 e. The van der Waals surface area contributed by atoms with Gasteiger partial charge in [0.25, 0.3) is 0 Å². The first kappa shape index (κ1) is 14.2.